The van der Waals surface area contributed by atoms with Gasteiger partial charge in [0.1, 0.15) is 11.5 Å². The molecule has 0 saturated carbocycles. The van der Waals surface area contributed by atoms with Gasteiger partial charge in [-0.1, -0.05) is 17.0 Å². The molecule has 1 amide bonds. The zero-order chi connectivity index (χ0) is 14.5. The standard InChI is InChI=1S/C14H15N3O2S/c1-9-6-13(20-12(9)4-3-5-15)14(18)16-8-11-7-10(2)19-17-11/h6-7H,5,8,15H2,1-2H3,(H,16,18). The van der Waals surface area contributed by atoms with Crippen molar-refractivity contribution >= 4 is 17.2 Å². The lowest BCUT2D eigenvalue weighted by Crippen LogP contribution is -2.21. The van der Waals surface area contributed by atoms with Crippen molar-refractivity contribution in [3.63, 3.8) is 0 Å². The van der Waals surface area contributed by atoms with Crippen molar-refractivity contribution in [2.75, 3.05) is 6.54 Å². The lowest BCUT2D eigenvalue weighted by molar-refractivity contribution is 0.0954. The Labute approximate surface area is 121 Å². The Balaban J connectivity index is 2.02. The van der Waals surface area contributed by atoms with E-state index in [2.05, 4.69) is 22.3 Å². The van der Waals surface area contributed by atoms with Gasteiger partial charge in [-0.05, 0) is 25.5 Å². The minimum Gasteiger partial charge on any atom is -0.361 e. The minimum atomic E-state index is -0.139. The Morgan fingerprint density at radius 2 is 2.30 bits per heavy atom. The second-order valence-corrected chi connectivity index (χ2v) is 5.29. The highest BCUT2D eigenvalue weighted by Gasteiger charge is 2.12. The van der Waals surface area contributed by atoms with Crippen LogP contribution in [0, 0.1) is 25.7 Å². The Hall–Kier alpha value is -2.10. The molecule has 0 spiro atoms. The zero-order valence-corrected chi connectivity index (χ0v) is 12.1. The summed E-state index contributed by atoms with van der Waals surface area (Å²) in [5.41, 5.74) is 7.03. The number of carbonyl (C=O) groups excluding carboxylic acids is 1. The lowest BCUT2D eigenvalue weighted by Gasteiger charge is -1.99. The largest absolute Gasteiger partial charge is 0.361 e. The van der Waals surface area contributed by atoms with E-state index in [1.54, 1.807) is 6.07 Å². The summed E-state index contributed by atoms with van der Waals surface area (Å²) < 4.78 is 4.94. The minimum absolute atomic E-state index is 0.139. The van der Waals surface area contributed by atoms with Gasteiger partial charge in [-0.15, -0.1) is 11.3 Å². The molecular formula is C14H15N3O2S. The number of hydrogen-bond donors (Lipinski definition) is 2. The normalized spacial score (nSPS) is 9.95. The van der Waals surface area contributed by atoms with Crippen LogP contribution in [-0.2, 0) is 6.54 Å². The molecule has 6 heteroatoms. The molecule has 0 bridgehead atoms. The number of nitrogens with zero attached hydrogens (tertiary/aromatic N) is 1. The second kappa shape index (κ2) is 6.37. The van der Waals surface area contributed by atoms with E-state index >= 15 is 0 Å². The number of amides is 1. The van der Waals surface area contributed by atoms with Crippen molar-refractivity contribution in [2.45, 2.75) is 20.4 Å². The summed E-state index contributed by atoms with van der Waals surface area (Å²) in [6, 6.07) is 3.62. The summed E-state index contributed by atoms with van der Waals surface area (Å²) in [6.07, 6.45) is 0. The molecule has 5 nitrogen and oxygen atoms in total. The molecule has 2 heterocycles. The highest BCUT2D eigenvalue weighted by molar-refractivity contribution is 7.14. The molecule has 0 aliphatic heterocycles. The van der Waals surface area contributed by atoms with Gasteiger partial charge < -0.3 is 15.6 Å². The average Bonchev–Trinajstić information content (AvgIpc) is 3.00. The zero-order valence-electron chi connectivity index (χ0n) is 11.3. The van der Waals surface area contributed by atoms with Crippen LogP contribution in [0.3, 0.4) is 0 Å². The number of nitrogens with two attached hydrogens (primary N) is 1. The third kappa shape index (κ3) is 3.47. The third-order valence-electron chi connectivity index (χ3n) is 2.55. The van der Waals surface area contributed by atoms with E-state index in [0.29, 0.717) is 23.7 Å². The molecule has 2 aromatic heterocycles. The van der Waals surface area contributed by atoms with Gasteiger partial charge in [-0.25, -0.2) is 0 Å². The van der Waals surface area contributed by atoms with E-state index in [1.165, 1.54) is 11.3 Å². The Morgan fingerprint density at radius 1 is 1.50 bits per heavy atom. The van der Waals surface area contributed by atoms with Gasteiger partial charge in [0.25, 0.3) is 5.91 Å². The van der Waals surface area contributed by atoms with E-state index in [4.69, 9.17) is 10.3 Å². The van der Waals surface area contributed by atoms with Crippen molar-refractivity contribution in [3.05, 3.63) is 38.9 Å². The summed E-state index contributed by atoms with van der Waals surface area (Å²) in [7, 11) is 0. The van der Waals surface area contributed by atoms with Gasteiger partial charge in [0.15, 0.2) is 0 Å². The summed E-state index contributed by atoms with van der Waals surface area (Å²) >= 11 is 1.36. The Morgan fingerprint density at radius 3 is 2.95 bits per heavy atom. The molecular weight excluding hydrogens is 274 g/mol. The summed E-state index contributed by atoms with van der Waals surface area (Å²) in [5, 5.41) is 6.62. The number of thiophene rings is 1. The number of hydrogen-bond acceptors (Lipinski definition) is 5. The maximum atomic E-state index is 12.0. The second-order valence-electron chi connectivity index (χ2n) is 4.24. The van der Waals surface area contributed by atoms with Crippen LogP contribution in [0.5, 0.6) is 0 Å². The van der Waals surface area contributed by atoms with Gasteiger partial charge in [-0.2, -0.15) is 0 Å². The third-order valence-corrected chi connectivity index (χ3v) is 3.70. The fraction of sp³-hybridized carbons (Fsp3) is 0.286. The summed E-state index contributed by atoms with van der Waals surface area (Å²) in [5.74, 6) is 6.34. The molecule has 0 atom stereocenters. The highest BCUT2D eigenvalue weighted by atomic mass is 32.1. The lowest BCUT2D eigenvalue weighted by atomic mass is 10.2. The summed E-state index contributed by atoms with van der Waals surface area (Å²) in [6.45, 7) is 4.39. The van der Waals surface area contributed by atoms with Crippen LogP contribution in [0.2, 0.25) is 0 Å². The molecule has 20 heavy (non-hydrogen) atoms. The van der Waals surface area contributed by atoms with Gasteiger partial charge in [-0.3, -0.25) is 4.79 Å². The van der Waals surface area contributed by atoms with E-state index in [0.717, 1.165) is 16.2 Å². The van der Waals surface area contributed by atoms with Gasteiger partial charge in [0.05, 0.1) is 22.8 Å². The topological polar surface area (TPSA) is 81.2 Å². The first-order valence-corrected chi connectivity index (χ1v) is 6.91. The molecule has 0 aliphatic rings. The highest BCUT2D eigenvalue weighted by Crippen LogP contribution is 2.20. The van der Waals surface area contributed by atoms with Crippen LogP contribution < -0.4 is 11.1 Å². The number of aromatic nitrogens is 1. The predicted molar refractivity (Wildman–Crippen MR) is 77.4 cm³/mol. The Bertz CT molecular complexity index is 676. The molecule has 0 aromatic carbocycles. The van der Waals surface area contributed by atoms with Crippen LogP contribution in [0.25, 0.3) is 0 Å². The van der Waals surface area contributed by atoms with Gasteiger partial charge >= 0.3 is 0 Å². The number of carbonyl (C=O) groups is 1. The first-order chi connectivity index (χ1) is 9.60. The fourth-order valence-electron chi connectivity index (χ4n) is 1.61. The van der Waals surface area contributed by atoms with E-state index in [9.17, 15) is 4.79 Å². The molecule has 2 aromatic rings. The quantitative estimate of drug-likeness (QED) is 0.841. The van der Waals surface area contributed by atoms with Crippen molar-refractivity contribution in [1.29, 1.82) is 0 Å². The molecule has 0 aliphatic carbocycles. The maximum Gasteiger partial charge on any atom is 0.261 e. The molecule has 104 valence electrons. The van der Waals surface area contributed by atoms with Crippen molar-refractivity contribution in [2.24, 2.45) is 5.73 Å². The van der Waals surface area contributed by atoms with E-state index in [1.807, 2.05) is 19.9 Å². The smallest absolute Gasteiger partial charge is 0.261 e. The molecule has 0 unspecified atom stereocenters. The molecule has 0 fully saturated rings. The molecule has 2 rings (SSSR count). The van der Waals surface area contributed by atoms with Gasteiger partial charge in [0, 0.05) is 6.07 Å². The van der Waals surface area contributed by atoms with Crippen molar-refractivity contribution in [3.8, 4) is 11.8 Å². The van der Waals surface area contributed by atoms with Crippen LogP contribution in [0.4, 0.5) is 0 Å². The Kier molecular flexibility index (Phi) is 4.56. The van der Waals surface area contributed by atoms with E-state index < -0.39 is 0 Å². The fourth-order valence-corrected chi connectivity index (χ4v) is 2.57. The average molecular weight is 289 g/mol. The van der Waals surface area contributed by atoms with Crippen LogP contribution >= 0.6 is 11.3 Å². The van der Waals surface area contributed by atoms with Crippen molar-refractivity contribution < 1.29 is 9.32 Å². The number of aryl methyl sites for hydroxylation is 2. The maximum absolute atomic E-state index is 12.0. The molecule has 3 N–H and O–H groups in total. The van der Waals surface area contributed by atoms with Crippen LogP contribution in [0.1, 0.15) is 31.6 Å². The van der Waals surface area contributed by atoms with Crippen LogP contribution in [-0.4, -0.2) is 17.6 Å². The first-order valence-electron chi connectivity index (χ1n) is 6.10. The predicted octanol–water partition coefficient (Wildman–Crippen LogP) is 1.59. The monoisotopic (exact) mass is 289 g/mol. The summed E-state index contributed by atoms with van der Waals surface area (Å²) in [4.78, 5) is 13.5. The number of nitrogens with one attached hydrogen (secondary N) is 1. The molecule has 0 radical (unpaired) electrons. The van der Waals surface area contributed by atoms with E-state index in [-0.39, 0.29) is 5.91 Å². The SMILES string of the molecule is Cc1cc(CNC(=O)c2cc(C)c(C#CCN)s2)no1. The first kappa shape index (κ1) is 14.3. The number of rotatable bonds is 3. The van der Waals surface area contributed by atoms with Crippen molar-refractivity contribution in [1.82, 2.24) is 10.5 Å². The molecule has 0 saturated heterocycles. The van der Waals surface area contributed by atoms with Crippen LogP contribution in [0.15, 0.2) is 16.7 Å². The van der Waals surface area contributed by atoms with Gasteiger partial charge in [0.2, 0.25) is 0 Å².